The van der Waals surface area contributed by atoms with Crippen LogP contribution in [0.4, 0.5) is 0 Å². The van der Waals surface area contributed by atoms with Gasteiger partial charge in [0, 0.05) is 39.3 Å². The number of benzene rings is 1. The largest absolute Gasteiger partial charge is 0.493 e. The Kier molecular flexibility index (Phi) is 3.78. The van der Waals surface area contributed by atoms with Crippen LogP contribution in [0.1, 0.15) is 32.9 Å². The second-order valence-corrected chi connectivity index (χ2v) is 7.91. The predicted octanol–water partition coefficient (Wildman–Crippen LogP) is 4.22. The van der Waals surface area contributed by atoms with E-state index in [1.807, 2.05) is 11.3 Å². The number of rotatable bonds is 4. The number of aryl methyl sites for hydroxylation is 2. The Balaban J connectivity index is 1.43. The van der Waals surface area contributed by atoms with Crippen molar-refractivity contribution in [3.05, 3.63) is 49.1 Å². The number of ether oxygens (including phenoxy) is 1. The van der Waals surface area contributed by atoms with Gasteiger partial charge in [-0.05, 0) is 48.6 Å². The SMILES string of the molecule is Brc1cc2c(c(CNCc3cc4c(s3)CCC4)c1)OCC2. The molecule has 0 radical (unpaired) electrons. The summed E-state index contributed by atoms with van der Waals surface area (Å²) in [6, 6.07) is 6.74. The lowest BCUT2D eigenvalue weighted by atomic mass is 10.1. The van der Waals surface area contributed by atoms with Gasteiger partial charge in [-0.2, -0.15) is 0 Å². The van der Waals surface area contributed by atoms with Crippen molar-refractivity contribution in [2.24, 2.45) is 0 Å². The average molecular weight is 364 g/mol. The van der Waals surface area contributed by atoms with Crippen LogP contribution in [0.3, 0.4) is 0 Å². The summed E-state index contributed by atoms with van der Waals surface area (Å²) in [6.07, 6.45) is 4.93. The summed E-state index contributed by atoms with van der Waals surface area (Å²) < 4.78 is 6.93. The van der Waals surface area contributed by atoms with Crippen molar-refractivity contribution >= 4 is 27.3 Å². The lowest BCUT2D eigenvalue weighted by molar-refractivity contribution is 0.352. The summed E-state index contributed by atoms with van der Waals surface area (Å²) in [5.74, 6) is 1.10. The molecule has 0 atom stereocenters. The summed E-state index contributed by atoms with van der Waals surface area (Å²) in [5.41, 5.74) is 4.18. The van der Waals surface area contributed by atoms with Crippen LogP contribution in [0.25, 0.3) is 0 Å². The molecule has 4 heteroatoms. The first-order valence-electron chi connectivity index (χ1n) is 7.55. The molecule has 0 saturated heterocycles. The third kappa shape index (κ3) is 2.77. The van der Waals surface area contributed by atoms with Gasteiger partial charge in [0.05, 0.1) is 6.61 Å². The molecule has 1 aromatic heterocycles. The summed E-state index contributed by atoms with van der Waals surface area (Å²) in [7, 11) is 0. The standard InChI is InChI=1S/C17H18BrNOS/c18-14-6-12-4-5-20-17(12)13(7-14)9-19-10-15-8-11-2-1-3-16(11)21-15/h6-8,19H,1-5,9-10H2. The van der Waals surface area contributed by atoms with E-state index in [9.17, 15) is 0 Å². The van der Waals surface area contributed by atoms with E-state index >= 15 is 0 Å². The zero-order valence-electron chi connectivity index (χ0n) is 11.9. The van der Waals surface area contributed by atoms with E-state index in [0.29, 0.717) is 0 Å². The van der Waals surface area contributed by atoms with E-state index in [2.05, 4.69) is 39.4 Å². The van der Waals surface area contributed by atoms with Crippen molar-refractivity contribution in [3.63, 3.8) is 0 Å². The molecule has 0 amide bonds. The first-order valence-corrected chi connectivity index (χ1v) is 9.16. The molecule has 4 rings (SSSR count). The third-order valence-corrected chi connectivity index (χ3v) is 5.93. The molecule has 0 spiro atoms. The Labute approximate surface area is 137 Å². The fraction of sp³-hybridized carbons (Fsp3) is 0.412. The van der Waals surface area contributed by atoms with Crippen molar-refractivity contribution < 1.29 is 4.74 Å². The molecule has 2 aliphatic rings. The summed E-state index contributed by atoms with van der Waals surface area (Å²) in [5, 5.41) is 3.57. The predicted molar refractivity (Wildman–Crippen MR) is 90.2 cm³/mol. The molecule has 21 heavy (non-hydrogen) atoms. The van der Waals surface area contributed by atoms with Gasteiger partial charge in [-0.25, -0.2) is 0 Å². The second-order valence-electron chi connectivity index (χ2n) is 5.77. The molecule has 0 saturated carbocycles. The van der Waals surface area contributed by atoms with Crippen molar-refractivity contribution in [1.29, 1.82) is 0 Å². The van der Waals surface area contributed by atoms with E-state index in [-0.39, 0.29) is 0 Å². The fourth-order valence-electron chi connectivity index (χ4n) is 3.28. The summed E-state index contributed by atoms with van der Waals surface area (Å²) in [4.78, 5) is 3.07. The van der Waals surface area contributed by atoms with Crippen molar-refractivity contribution in [2.75, 3.05) is 6.61 Å². The van der Waals surface area contributed by atoms with Crippen LogP contribution >= 0.6 is 27.3 Å². The molecule has 2 heterocycles. The smallest absolute Gasteiger partial charge is 0.127 e. The number of thiophene rings is 1. The number of hydrogen-bond acceptors (Lipinski definition) is 3. The van der Waals surface area contributed by atoms with Crippen LogP contribution in [-0.4, -0.2) is 6.61 Å². The van der Waals surface area contributed by atoms with Gasteiger partial charge in [0.2, 0.25) is 0 Å². The van der Waals surface area contributed by atoms with Gasteiger partial charge in [-0.1, -0.05) is 15.9 Å². The second kappa shape index (κ2) is 5.75. The maximum atomic E-state index is 5.78. The fourth-order valence-corrected chi connectivity index (χ4v) is 5.06. The van der Waals surface area contributed by atoms with Crippen molar-refractivity contribution in [1.82, 2.24) is 5.32 Å². The summed E-state index contributed by atoms with van der Waals surface area (Å²) in [6.45, 7) is 2.64. The van der Waals surface area contributed by atoms with E-state index in [1.165, 1.54) is 35.3 Å². The van der Waals surface area contributed by atoms with Gasteiger partial charge >= 0.3 is 0 Å². The van der Waals surface area contributed by atoms with Gasteiger partial charge in [0.1, 0.15) is 5.75 Å². The zero-order chi connectivity index (χ0) is 14.2. The zero-order valence-corrected chi connectivity index (χ0v) is 14.3. The van der Waals surface area contributed by atoms with Gasteiger partial charge in [0.15, 0.2) is 0 Å². The minimum atomic E-state index is 0.816. The molecule has 2 nitrogen and oxygen atoms in total. The minimum Gasteiger partial charge on any atom is -0.493 e. The van der Waals surface area contributed by atoms with Crippen LogP contribution in [0.5, 0.6) is 5.75 Å². The Bertz CT molecular complexity index is 658. The number of nitrogens with one attached hydrogen (secondary N) is 1. The van der Waals surface area contributed by atoms with E-state index < -0.39 is 0 Å². The highest BCUT2D eigenvalue weighted by atomic mass is 79.9. The van der Waals surface area contributed by atoms with Gasteiger partial charge < -0.3 is 10.1 Å². The van der Waals surface area contributed by atoms with Gasteiger partial charge in [-0.15, -0.1) is 11.3 Å². The molecule has 110 valence electrons. The Hall–Kier alpha value is -0.840. The Morgan fingerprint density at radius 1 is 1.10 bits per heavy atom. The van der Waals surface area contributed by atoms with Crippen LogP contribution in [0.15, 0.2) is 22.7 Å². The van der Waals surface area contributed by atoms with E-state index in [4.69, 9.17) is 4.74 Å². The van der Waals surface area contributed by atoms with Crippen molar-refractivity contribution in [2.45, 2.75) is 38.8 Å². The summed E-state index contributed by atoms with van der Waals surface area (Å²) >= 11 is 5.58. The molecule has 1 N–H and O–H groups in total. The highest BCUT2D eigenvalue weighted by Crippen LogP contribution is 2.33. The molecule has 0 unspecified atom stereocenters. The van der Waals surface area contributed by atoms with E-state index in [0.717, 1.165) is 36.3 Å². The number of hydrogen-bond donors (Lipinski definition) is 1. The Morgan fingerprint density at radius 3 is 2.95 bits per heavy atom. The molecule has 0 fully saturated rings. The van der Waals surface area contributed by atoms with Crippen LogP contribution in [-0.2, 0) is 32.4 Å². The topological polar surface area (TPSA) is 21.3 Å². The number of fused-ring (bicyclic) bond motifs is 2. The molecule has 2 aromatic rings. The normalized spacial score (nSPS) is 15.9. The first kappa shape index (κ1) is 13.8. The minimum absolute atomic E-state index is 0.816. The van der Waals surface area contributed by atoms with Crippen molar-refractivity contribution in [3.8, 4) is 5.75 Å². The van der Waals surface area contributed by atoms with Gasteiger partial charge in [0.25, 0.3) is 0 Å². The maximum Gasteiger partial charge on any atom is 0.127 e. The van der Waals surface area contributed by atoms with Gasteiger partial charge in [-0.3, -0.25) is 0 Å². The molecule has 1 aliphatic carbocycles. The van der Waals surface area contributed by atoms with Crippen LogP contribution in [0.2, 0.25) is 0 Å². The molecular weight excluding hydrogens is 346 g/mol. The lowest BCUT2D eigenvalue weighted by Crippen LogP contribution is -2.12. The molecule has 1 aromatic carbocycles. The van der Waals surface area contributed by atoms with Crippen LogP contribution in [0, 0.1) is 0 Å². The molecule has 1 aliphatic heterocycles. The average Bonchev–Trinajstić information content (AvgIpc) is 3.12. The quantitative estimate of drug-likeness (QED) is 0.877. The number of halogens is 1. The monoisotopic (exact) mass is 363 g/mol. The maximum absolute atomic E-state index is 5.78. The highest BCUT2D eigenvalue weighted by Gasteiger charge is 2.18. The highest BCUT2D eigenvalue weighted by molar-refractivity contribution is 9.10. The van der Waals surface area contributed by atoms with E-state index in [1.54, 1.807) is 10.4 Å². The Morgan fingerprint density at radius 2 is 2.05 bits per heavy atom. The first-order chi connectivity index (χ1) is 10.3. The third-order valence-electron chi connectivity index (χ3n) is 4.24. The molecular formula is C17H18BrNOS. The molecule has 0 bridgehead atoms. The van der Waals surface area contributed by atoms with Crippen LogP contribution < -0.4 is 10.1 Å². The lowest BCUT2D eigenvalue weighted by Gasteiger charge is -2.10.